The van der Waals surface area contributed by atoms with Crippen molar-refractivity contribution in [3.8, 4) is 0 Å². The number of esters is 1. The van der Waals surface area contributed by atoms with Gasteiger partial charge in [-0.05, 0) is 20.8 Å². The highest BCUT2D eigenvalue weighted by Gasteiger charge is 2.22. The summed E-state index contributed by atoms with van der Waals surface area (Å²) in [7, 11) is 4.07. The Labute approximate surface area is 74.7 Å². The van der Waals surface area contributed by atoms with Crippen LogP contribution in [0.15, 0.2) is 0 Å². The number of carbonyl (C=O) groups is 1. The van der Waals surface area contributed by atoms with Crippen molar-refractivity contribution in [2.24, 2.45) is 5.41 Å². The van der Waals surface area contributed by atoms with Crippen LogP contribution in [0.4, 0.5) is 0 Å². The molecule has 0 radical (unpaired) electrons. The predicted molar refractivity (Wildman–Crippen MR) is 48.1 cm³/mol. The van der Waals surface area contributed by atoms with E-state index < -0.39 is 0 Å². The van der Waals surface area contributed by atoms with Gasteiger partial charge >= 0.3 is 5.97 Å². The van der Waals surface area contributed by atoms with Crippen LogP contribution in [0.1, 0.15) is 20.8 Å². The van der Waals surface area contributed by atoms with E-state index in [4.69, 9.17) is 4.74 Å². The van der Waals surface area contributed by atoms with Crippen LogP contribution in [0.5, 0.6) is 0 Å². The molecular formula is C9H20NO2+. The first-order valence-electron chi connectivity index (χ1n) is 4.30. The minimum absolute atomic E-state index is 0.122. The van der Waals surface area contributed by atoms with E-state index in [0.29, 0.717) is 6.61 Å². The molecule has 0 saturated heterocycles. The average molecular weight is 174 g/mol. The molecule has 0 aliphatic carbocycles. The van der Waals surface area contributed by atoms with E-state index in [2.05, 4.69) is 0 Å². The lowest BCUT2D eigenvalue weighted by atomic mass is 9.97. The van der Waals surface area contributed by atoms with Crippen molar-refractivity contribution < 1.29 is 14.4 Å². The number of hydrogen-bond acceptors (Lipinski definition) is 2. The number of quaternary nitrogens is 1. The summed E-state index contributed by atoms with van der Waals surface area (Å²) in [6, 6.07) is 0. The van der Waals surface area contributed by atoms with Gasteiger partial charge in [-0.15, -0.1) is 0 Å². The van der Waals surface area contributed by atoms with Gasteiger partial charge in [0.1, 0.15) is 13.2 Å². The van der Waals surface area contributed by atoms with E-state index in [1.54, 1.807) is 0 Å². The van der Waals surface area contributed by atoms with Gasteiger partial charge in [0.2, 0.25) is 0 Å². The Balaban J connectivity index is 3.59. The molecule has 0 aromatic heterocycles. The lowest BCUT2D eigenvalue weighted by Gasteiger charge is -2.16. The maximum absolute atomic E-state index is 11.2. The van der Waals surface area contributed by atoms with Gasteiger partial charge in [0.05, 0.1) is 19.5 Å². The smallest absolute Gasteiger partial charge is 0.311 e. The molecule has 0 amide bonds. The van der Waals surface area contributed by atoms with Gasteiger partial charge in [0.25, 0.3) is 0 Å². The largest absolute Gasteiger partial charge is 0.459 e. The third kappa shape index (κ3) is 5.13. The summed E-state index contributed by atoms with van der Waals surface area (Å²) in [5, 5.41) is 0. The van der Waals surface area contributed by atoms with Crippen LogP contribution in [-0.4, -0.2) is 33.2 Å². The zero-order chi connectivity index (χ0) is 9.78. The SMILES string of the molecule is C[NH+](C)CCOC(=O)C(C)(C)C. The van der Waals surface area contributed by atoms with E-state index in [-0.39, 0.29) is 11.4 Å². The van der Waals surface area contributed by atoms with E-state index >= 15 is 0 Å². The third-order valence-corrected chi connectivity index (χ3v) is 1.45. The van der Waals surface area contributed by atoms with Gasteiger partial charge in [0.15, 0.2) is 0 Å². The average Bonchev–Trinajstić information content (AvgIpc) is 1.84. The zero-order valence-electron chi connectivity index (χ0n) is 8.73. The molecule has 72 valence electrons. The molecule has 0 unspecified atom stereocenters. The normalized spacial score (nSPS) is 11.8. The highest BCUT2D eigenvalue weighted by atomic mass is 16.5. The summed E-state index contributed by atoms with van der Waals surface area (Å²) in [6.07, 6.45) is 0. The minimum Gasteiger partial charge on any atom is -0.459 e. The van der Waals surface area contributed by atoms with Crippen LogP contribution < -0.4 is 4.90 Å². The van der Waals surface area contributed by atoms with E-state index in [1.807, 2.05) is 34.9 Å². The van der Waals surface area contributed by atoms with E-state index in [0.717, 1.165) is 6.54 Å². The Kier molecular flexibility index (Phi) is 4.24. The first-order chi connectivity index (χ1) is 5.34. The molecule has 12 heavy (non-hydrogen) atoms. The third-order valence-electron chi connectivity index (χ3n) is 1.45. The molecule has 1 N–H and O–H groups in total. The van der Waals surface area contributed by atoms with Crippen molar-refractivity contribution in [3.05, 3.63) is 0 Å². The quantitative estimate of drug-likeness (QED) is 0.597. The molecule has 0 fully saturated rings. The van der Waals surface area contributed by atoms with Crippen LogP contribution in [0, 0.1) is 5.41 Å². The van der Waals surface area contributed by atoms with Crippen molar-refractivity contribution in [1.82, 2.24) is 0 Å². The van der Waals surface area contributed by atoms with Crippen LogP contribution in [-0.2, 0) is 9.53 Å². The molecule has 0 spiro atoms. The Bertz CT molecular complexity index is 147. The molecule has 0 heterocycles. The Morgan fingerprint density at radius 3 is 2.17 bits per heavy atom. The van der Waals surface area contributed by atoms with Crippen molar-refractivity contribution in [3.63, 3.8) is 0 Å². The molecule has 0 aliphatic heterocycles. The molecule has 0 atom stereocenters. The fourth-order valence-corrected chi connectivity index (χ4v) is 0.564. The lowest BCUT2D eigenvalue weighted by molar-refractivity contribution is -0.858. The Hall–Kier alpha value is -0.570. The van der Waals surface area contributed by atoms with Gasteiger partial charge in [-0.25, -0.2) is 0 Å². The summed E-state index contributed by atoms with van der Waals surface area (Å²) >= 11 is 0. The van der Waals surface area contributed by atoms with Crippen LogP contribution in [0.25, 0.3) is 0 Å². The highest BCUT2D eigenvalue weighted by Crippen LogP contribution is 2.14. The monoisotopic (exact) mass is 174 g/mol. The molecule has 0 aromatic carbocycles. The summed E-state index contributed by atoms with van der Waals surface area (Å²) in [6.45, 7) is 6.95. The van der Waals surface area contributed by atoms with Crippen LogP contribution in [0.2, 0.25) is 0 Å². The molecule has 0 aliphatic rings. The number of carbonyl (C=O) groups excluding carboxylic acids is 1. The first kappa shape index (κ1) is 11.4. The number of hydrogen-bond donors (Lipinski definition) is 1. The second-order valence-corrected chi connectivity index (χ2v) is 4.34. The summed E-state index contributed by atoms with van der Waals surface area (Å²) in [5.74, 6) is -0.122. The topological polar surface area (TPSA) is 30.7 Å². The second kappa shape index (κ2) is 4.45. The second-order valence-electron chi connectivity index (χ2n) is 4.34. The molecule has 0 saturated carbocycles. The van der Waals surface area contributed by atoms with Gasteiger partial charge in [0, 0.05) is 0 Å². The van der Waals surface area contributed by atoms with Gasteiger partial charge in [-0.1, -0.05) is 0 Å². The number of nitrogens with one attached hydrogen (secondary N) is 1. The minimum atomic E-state index is -0.373. The molecular weight excluding hydrogens is 154 g/mol. The maximum atomic E-state index is 11.2. The maximum Gasteiger partial charge on any atom is 0.311 e. The zero-order valence-corrected chi connectivity index (χ0v) is 8.73. The highest BCUT2D eigenvalue weighted by molar-refractivity contribution is 5.75. The molecule has 3 heteroatoms. The van der Waals surface area contributed by atoms with Crippen molar-refractivity contribution in [2.45, 2.75) is 20.8 Å². The van der Waals surface area contributed by atoms with E-state index in [1.165, 1.54) is 4.90 Å². The summed E-state index contributed by atoms with van der Waals surface area (Å²) in [5.41, 5.74) is -0.373. The number of ether oxygens (including phenoxy) is 1. The van der Waals surface area contributed by atoms with Gasteiger partial charge in [-0.2, -0.15) is 0 Å². The van der Waals surface area contributed by atoms with Crippen molar-refractivity contribution in [1.29, 1.82) is 0 Å². The Morgan fingerprint density at radius 1 is 1.33 bits per heavy atom. The molecule has 0 rings (SSSR count). The molecule has 0 aromatic rings. The van der Waals surface area contributed by atoms with Crippen LogP contribution in [0.3, 0.4) is 0 Å². The van der Waals surface area contributed by atoms with Gasteiger partial charge < -0.3 is 9.64 Å². The number of rotatable bonds is 3. The fourth-order valence-electron chi connectivity index (χ4n) is 0.564. The first-order valence-corrected chi connectivity index (χ1v) is 4.30. The number of likely N-dealkylation sites (N-methyl/N-ethyl adjacent to an activating group) is 1. The summed E-state index contributed by atoms with van der Waals surface area (Å²) < 4.78 is 5.06. The van der Waals surface area contributed by atoms with E-state index in [9.17, 15) is 4.79 Å². The standard InChI is InChI=1S/C9H19NO2/c1-9(2,3)8(11)12-7-6-10(4)5/h6-7H2,1-5H3/p+1. The van der Waals surface area contributed by atoms with Crippen LogP contribution >= 0.6 is 0 Å². The predicted octanol–water partition coefficient (Wildman–Crippen LogP) is -0.280. The van der Waals surface area contributed by atoms with Crippen molar-refractivity contribution in [2.75, 3.05) is 27.2 Å². The molecule has 0 bridgehead atoms. The van der Waals surface area contributed by atoms with Gasteiger partial charge in [-0.3, -0.25) is 4.79 Å². The summed E-state index contributed by atoms with van der Waals surface area (Å²) in [4.78, 5) is 12.5. The molecule has 3 nitrogen and oxygen atoms in total. The fraction of sp³-hybridized carbons (Fsp3) is 0.889. The lowest BCUT2D eigenvalue weighted by Crippen LogP contribution is -3.06. The Morgan fingerprint density at radius 2 is 1.83 bits per heavy atom. The van der Waals surface area contributed by atoms with Crippen molar-refractivity contribution >= 4 is 5.97 Å².